The van der Waals surface area contributed by atoms with E-state index >= 15 is 0 Å². The van der Waals surface area contributed by atoms with E-state index in [-0.39, 0.29) is 12.5 Å². The van der Waals surface area contributed by atoms with Crippen LogP contribution >= 0.6 is 0 Å². The Balaban J connectivity index is 3.77. The first-order valence-electron chi connectivity index (χ1n) is 3.62. The molecule has 0 fully saturated rings. The number of carboxylic acid groups (broad SMARTS) is 1. The van der Waals surface area contributed by atoms with Crippen LogP contribution in [0.2, 0.25) is 0 Å². The van der Waals surface area contributed by atoms with E-state index in [0.29, 0.717) is 6.42 Å². The number of carboxylic acids is 1. The quantitative estimate of drug-likeness (QED) is 0.516. The number of aliphatic carboxylic acids is 1. The van der Waals surface area contributed by atoms with Crippen LogP contribution < -0.4 is 5.32 Å². The average molecular weight is 161 g/mol. The monoisotopic (exact) mass is 161 g/mol. The Morgan fingerprint density at radius 1 is 1.64 bits per heavy atom. The fourth-order valence-electron chi connectivity index (χ4n) is 0.819. The molecule has 0 aliphatic carbocycles. The van der Waals surface area contributed by atoms with E-state index in [9.17, 15) is 4.79 Å². The van der Waals surface area contributed by atoms with Gasteiger partial charge in [-0.1, -0.05) is 6.92 Å². The molecule has 0 aromatic carbocycles. The summed E-state index contributed by atoms with van der Waals surface area (Å²) in [7, 11) is 1.60. The van der Waals surface area contributed by atoms with E-state index in [1.165, 1.54) is 0 Å². The molecule has 3 N–H and O–H groups in total. The van der Waals surface area contributed by atoms with Crippen LogP contribution in [0.1, 0.15) is 13.3 Å². The Kier molecular flexibility index (Phi) is 4.81. The highest BCUT2D eigenvalue weighted by atomic mass is 16.4. The summed E-state index contributed by atoms with van der Waals surface area (Å²) in [5.74, 6) is -0.837. The normalized spacial score (nSPS) is 15.9. The van der Waals surface area contributed by atoms with Crippen molar-refractivity contribution in [2.75, 3.05) is 13.7 Å². The van der Waals surface area contributed by atoms with E-state index in [1.54, 1.807) is 7.05 Å². The molecule has 0 aromatic heterocycles. The lowest BCUT2D eigenvalue weighted by Gasteiger charge is -2.14. The zero-order valence-corrected chi connectivity index (χ0v) is 6.87. The second kappa shape index (κ2) is 5.09. The molecule has 4 heteroatoms. The first kappa shape index (κ1) is 10.4. The summed E-state index contributed by atoms with van der Waals surface area (Å²) in [5, 5.41) is 19.9. The molecule has 0 amide bonds. The number of hydrogen-bond acceptors (Lipinski definition) is 3. The SMILES string of the molecule is CN[C@@H](C[C@H](C)CO)C(=O)O. The first-order valence-corrected chi connectivity index (χ1v) is 3.62. The number of hydrogen-bond donors (Lipinski definition) is 3. The van der Waals surface area contributed by atoms with Crippen molar-refractivity contribution < 1.29 is 15.0 Å². The Labute approximate surface area is 66.2 Å². The van der Waals surface area contributed by atoms with E-state index in [1.807, 2.05) is 6.92 Å². The van der Waals surface area contributed by atoms with E-state index < -0.39 is 12.0 Å². The topological polar surface area (TPSA) is 69.6 Å². The average Bonchev–Trinajstić information content (AvgIpc) is 1.99. The van der Waals surface area contributed by atoms with Gasteiger partial charge in [0.25, 0.3) is 0 Å². The molecule has 11 heavy (non-hydrogen) atoms. The van der Waals surface area contributed by atoms with E-state index in [2.05, 4.69) is 5.32 Å². The van der Waals surface area contributed by atoms with Crippen molar-refractivity contribution in [3.05, 3.63) is 0 Å². The summed E-state index contributed by atoms with van der Waals surface area (Å²) in [5.41, 5.74) is 0. The van der Waals surface area contributed by atoms with Gasteiger partial charge >= 0.3 is 5.97 Å². The third kappa shape index (κ3) is 3.95. The molecule has 0 bridgehead atoms. The van der Waals surface area contributed by atoms with Gasteiger partial charge in [0.1, 0.15) is 6.04 Å². The van der Waals surface area contributed by atoms with Crippen LogP contribution in [0.5, 0.6) is 0 Å². The summed E-state index contributed by atoms with van der Waals surface area (Å²) in [6.07, 6.45) is 0.461. The standard InChI is InChI=1S/C7H15NO3/c1-5(4-9)3-6(8-2)7(10)11/h5-6,8-9H,3-4H2,1-2H3,(H,10,11)/t5-,6-/m0/s1. The van der Waals surface area contributed by atoms with Gasteiger partial charge in [-0.2, -0.15) is 0 Å². The minimum Gasteiger partial charge on any atom is -0.480 e. The van der Waals surface area contributed by atoms with Crippen molar-refractivity contribution in [3.63, 3.8) is 0 Å². The van der Waals surface area contributed by atoms with Crippen molar-refractivity contribution in [1.82, 2.24) is 5.32 Å². The zero-order valence-electron chi connectivity index (χ0n) is 6.87. The van der Waals surface area contributed by atoms with Gasteiger partial charge in [-0.15, -0.1) is 0 Å². The smallest absolute Gasteiger partial charge is 0.320 e. The summed E-state index contributed by atoms with van der Waals surface area (Å²) in [6.45, 7) is 1.85. The molecule has 0 rings (SSSR count). The van der Waals surface area contributed by atoms with Crippen LogP contribution in [-0.4, -0.2) is 35.9 Å². The highest BCUT2D eigenvalue weighted by Gasteiger charge is 2.17. The van der Waals surface area contributed by atoms with Crippen LogP contribution in [0.25, 0.3) is 0 Å². The molecule has 0 unspecified atom stereocenters. The van der Waals surface area contributed by atoms with Crippen LogP contribution in [-0.2, 0) is 4.79 Å². The lowest BCUT2D eigenvalue weighted by atomic mass is 10.0. The van der Waals surface area contributed by atoms with Gasteiger partial charge in [0.05, 0.1) is 0 Å². The highest BCUT2D eigenvalue weighted by molar-refractivity contribution is 5.73. The molecule has 4 nitrogen and oxygen atoms in total. The Morgan fingerprint density at radius 2 is 2.18 bits per heavy atom. The number of rotatable bonds is 5. The molecule has 0 heterocycles. The molecule has 0 aliphatic rings. The number of nitrogens with one attached hydrogen (secondary N) is 1. The van der Waals surface area contributed by atoms with Gasteiger partial charge in [0, 0.05) is 6.61 Å². The molecule has 0 aliphatic heterocycles. The number of likely N-dealkylation sites (N-methyl/N-ethyl adjacent to an activating group) is 1. The minimum atomic E-state index is -0.868. The van der Waals surface area contributed by atoms with Crippen LogP contribution in [0.4, 0.5) is 0 Å². The first-order chi connectivity index (χ1) is 5.11. The maximum atomic E-state index is 10.4. The van der Waals surface area contributed by atoms with Crippen molar-refractivity contribution in [2.24, 2.45) is 5.92 Å². The van der Waals surface area contributed by atoms with Gasteiger partial charge in [0.15, 0.2) is 0 Å². The van der Waals surface area contributed by atoms with Gasteiger partial charge in [-0.05, 0) is 19.4 Å². The maximum absolute atomic E-state index is 10.4. The number of carbonyl (C=O) groups is 1. The van der Waals surface area contributed by atoms with Crippen molar-refractivity contribution in [2.45, 2.75) is 19.4 Å². The summed E-state index contributed by atoms with van der Waals surface area (Å²) >= 11 is 0. The van der Waals surface area contributed by atoms with Gasteiger partial charge in [0.2, 0.25) is 0 Å². The molecule has 0 aromatic rings. The fraction of sp³-hybridized carbons (Fsp3) is 0.857. The minimum absolute atomic E-state index is 0.0311. The number of aliphatic hydroxyl groups excluding tert-OH is 1. The summed E-state index contributed by atoms with van der Waals surface area (Å²) in [6, 6.07) is -0.544. The second-order valence-corrected chi connectivity index (χ2v) is 2.70. The molecule has 0 saturated heterocycles. The molecular weight excluding hydrogens is 146 g/mol. The third-order valence-electron chi connectivity index (χ3n) is 1.60. The van der Waals surface area contributed by atoms with Gasteiger partial charge in [-0.25, -0.2) is 0 Å². The zero-order chi connectivity index (χ0) is 8.85. The molecular formula is C7H15NO3. The predicted octanol–water partition coefficient (Wildman–Crippen LogP) is -0.323. The Morgan fingerprint density at radius 3 is 2.45 bits per heavy atom. The Hall–Kier alpha value is -0.610. The summed E-state index contributed by atoms with van der Waals surface area (Å²) < 4.78 is 0. The predicted molar refractivity (Wildman–Crippen MR) is 41.4 cm³/mol. The van der Waals surface area contributed by atoms with Gasteiger partial charge in [-0.3, -0.25) is 4.79 Å². The molecule has 66 valence electrons. The van der Waals surface area contributed by atoms with Crippen LogP contribution in [0.3, 0.4) is 0 Å². The van der Waals surface area contributed by atoms with E-state index in [4.69, 9.17) is 10.2 Å². The summed E-state index contributed by atoms with van der Waals surface area (Å²) in [4.78, 5) is 10.4. The van der Waals surface area contributed by atoms with Crippen molar-refractivity contribution in [3.8, 4) is 0 Å². The van der Waals surface area contributed by atoms with Crippen LogP contribution in [0, 0.1) is 5.92 Å². The van der Waals surface area contributed by atoms with E-state index in [0.717, 1.165) is 0 Å². The molecule has 0 radical (unpaired) electrons. The van der Waals surface area contributed by atoms with Crippen LogP contribution in [0.15, 0.2) is 0 Å². The fourth-order valence-corrected chi connectivity index (χ4v) is 0.819. The van der Waals surface area contributed by atoms with Gasteiger partial charge < -0.3 is 15.5 Å². The lowest BCUT2D eigenvalue weighted by molar-refractivity contribution is -0.139. The second-order valence-electron chi connectivity index (χ2n) is 2.70. The molecule has 2 atom stereocenters. The lowest BCUT2D eigenvalue weighted by Crippen LogP contribution is -2.35. The highest BCUT2D eigenvalue weighted by Crippen LogP contribution is 2.04. The van der Waals surface area contributed by atoms with Crippen molar-refractivity contribution >= 4 is 5.97 Å². The third-order valence-corrected chi connectivity index (χ3v) is 1.60. The number of aliphatic hydroxyl groups is 1. The maximum Gasteiger partial charge on any atom is 0.320 e. The molecule has 0 spiro atoms. The molecule has 0 saturated carbocycles. The Bertz CT molecular complexity index is 127. The largest absolute Gasteiger partial charge is 0.480 e. The van der Waals surface area contributed by atoms with Crippen molar-refractivity contribution in [1.29, 1.82) is 0 Å².